The second-order valence-corrected chi connectivity index (χ2v) is 8.45. The summed E-state index contributed by atoms with van der Waals surface area (Å²) in [5, 5.41) is 8.21. The first kappa shape index (κ1) is 19.5. The fraction of sp³-hybridized carbons (Fsp3) is 0.524. The van der Waals surface area contributed by atoms with Gasteiger partial charge in [-0.2, -0.15) is 0 Å². The summed E-state index contributed by atoms with van der Waals surface area (Å²) in [5.41, 5.74) is 6.06. The number of para-hydroxylation sites is 2. The third kappa shape index (κ3) is 4.43. The number of methoxy groups -OCH3 is 1. The van der Waals surface area contributed by atoms with Gasteiger partial charge in [-0.1, -0.05) is 19.1 Å². The zero-order chi connectivity index (χ0) is 19.3. The van der Waals surface area contributed by atoms with Crippen molar-refractivity contribution in [2.24, 2.45) is 10.9 Å². The molecule has 0 bridgehead atoms. The number of thiazole rings is 1. The van der Waals surface area contributed by atoms with E-state index in [0.29, 0.717) is 12.0 Å². The van der Waals surface area contributed by atoms with Gasteiger partial charge in [-0.3, -0.25) is 0 Å². The smallest absolute Gasteiger partial charge is 0.122 e. The van der Waals surface area contributed by atoms with E-state index in [9.17, 15) is 0 Å². The Kier molecular flexibility index (Phi) is 6.36. The van der Waals surface area contributed by atoms with Crippen LogP contribution in [-0.2, 0) is 4.74 Å². The van der Waals surface area contributed by atoms with Crippen LogP contribution in [0.4, 0.5) is 16.4 Å². The summed E-state index contributed by atoms with van der Waals surface area (Å²) in [4.78, 5) is 12.2. The van der Waals surface area contributed by atoms with E-state index in [2.05, 4.69) is 39.6 Å². The maximum absolute atomic E-state index is 5.24. The summed E-state index contributed by atoms with van der Waals surface area (Å²) in [7, 11) is 1.77. The molecule has 0 aliphatic carbocycles. The molecular weight excluding hydrogens is 370 g/mol. The topological polar surface area (TPSA) is 61.8 Å². The highest BCUT2D eigenvalue weighted by molar-refractivity contribution is 7.14. The van der Waals surface area contributed by atoms with Crippen molar-refractivity contribution >= 4 is 33.4 Å². The third-order valence-corrected chi connectivity index (χ3v) is 6.30. The van der Waals surface area contributed by atoms with E-state index in [1.54, 1.807) is 18.4 Å². The number of ether oxygens (including phenoxy) is 1. The molecule has 2 N–H and O–H groups in total. The number of rotatable bonds is 7. The van der Waals surface area contributed by atoms with Gasteiger partial charge in [0.2, 0.25) is 0 Å². The second kappa shape index (κ2) is 9.13. The van der Waals surface area contributed by atoms with Crippen LogP contribution in [0.2, 0.25) is 0 Å². The van der Waals surface area contributed by atoms with E-state index in [1.807, 2.05) is 17.6 Å². The monoisotopic (exact) mass is 399 g/mol. The highest BCUT2D eigenvalue weighted by Crippen LogP contribution is 2.37. The van der Waals surface area contributed by atoms with Gasteiger partial charge in [0.25, 0.3) is 0 Å². The maximum atomic E-state index is 5.24. The first-order valence-corrected chi connectivity index (χ1v) is 11.0. The normalized spacial score (nSPS) is 20.5. The number of hydrogen-bond donors (Lipinski definition) is 2. The molecule has 0 radical (unpaired) electrons. The Balaban J connectivity index is 1.44. The van der Waals surface area contributed by atoms with Crippen molar-refractivity contribution in [3.8, 4) is 0 Å². The number of fused-ring (bicyclic) bond motifs is 2. The van der Waals surface area contributed by atoms with Gasteiger partial charge in [0.15, 0.2) is 0 Å². The average molecular weight is 400 g/mol. The molecule has 2 aliphatic rings. The molecule has 1 unspecified atom stereocenters. The van der Waals surface area contributed by atoms with Crippen LogP contribution < -0.4 is 10.6 Å². The maximum Gasteiger partial charge on any atom is 0.122 e. The van der Waals surface area contributed by atoms with E-state index in [-0.39, 0.29) is 0 Å². The number of aromatic nitrogens is 1. The van der Waals surface area contributed by atoms with Gasteiger partial charge >= 0.3 is 0 Å². The predicted octanol–water partition coefficient (Wildman–Crippen LogP) is 3.66. The number of anilines is 2. The molecule has 150 valence electrons. The minimum atomic E-state index is 0.348. The molecule has 1 saturated heterocycles. The van der Waals surface area contributed by atoms with Crippen molar-refractivity contribution in [2.45, 2.75) is 25.8 Å². The van der Waals surface area contributed by atoms with Gasteiger partial charge in [0.05, 0.1) is 22.6 Å². The summed E-state index contributed by atoms with van der Waals surface area (Å²) in [6.07, 6.45) is 2.15. The second-order valence-electron chi connectivity index (χ2n) is 7.59. The number of nitrogens with zero attached hydrogens (tertiary/aromatic N) is 3. The quantitative estimate of drug-likeness (QED) is 0.744. The molecule has 1 aromatic carbocycles. The van der Waals surface area contributed by atoms with Crippen LogP contribution in [0.5, 0.6) is 0 Å². The first-order chi connectivity index (χ1) is 13.7. The van der Waals surface area contributed by atoms with Crippen LogP contribution in [0.1, 0.15) is 25.5 Å². The number of aliphatic imine (C=N–C) groups is 1. The van der Waals surface area contributed by atoms with E-state index >= 15 is 0 Å². The van der Waals surface area contributed by atoms with E-state index in [4.69, 9.17) is 9.73 Å². The van der Waals surface area contributed by atoms with Crippen LogP contribution in [0.3, 0.4) is 0 Å². The number of nitrogens with one attached hydrogen (secondary N) is 2. The van der Waals surface area contributed by atoms with E-state index < -0.39 is 0 Å². The lowest BCUT2D eigenvalue weighted by molar-refractivity contribution is 0.145. The molecular formula is C21H29N5OS. The summed E-state index contributed by atoms with van der Waals surface area (Å²) in [6.45, 7) is 7.43. The lowest BCUT2D eigenvalue weighted by Gasteiger charge is -2.34. The Labute approximate surface area is 171 Å². The Morgan fingerprint density at radius 1 is 1.36 bits per heavy atom. The van der Waals surface area contributed by atoms with Gasteiger partial charge < -0.3 is 20.3 Å². The summed E-state index contributed by atoms with van der Waals surface area (Å²) in [6, 6.07) is 8.76. The van der Waals surface area contributed by atoms with Crippen molar-refractivity contribution < 1.29 is 4.74 Å². The van der Waals surface area contributed by atoms with Crippen molar-refractivity contribution in [3.05, 3.63) is 35.5 Å². The molecule has 2 atom stereocenters. The molecule has 28 heavy (non-hydrogen) atoms. The number of piperazine rings is 1. The third-order valence-electron chi connectivity index (χ3n) is 5.56. The highest BCUT2D eigenvalue weighted by atomic mass is 32.1. The SMILES string of the molecule is COCC[C@H]1CN(CCC(C)C2=Nc3ccccc3Nc3scnc32)CCN1. The first-order valence-electron chi connectivity index (χ1n) is 10.1. The zero-order valence-corrected chi connectivity index (χ0v) is 17.5. The van der Waals surface area contributed by atoms with Crippen molar-refractivity contribution in [1.82, 2.24) is 15.2 Å². The number of benzene rings is 1. The Bertz CT molecular complexity index is 821. The largest absolute Gasteiger partial charge is 0.385 e. The van der Waals surface area contributed by atoms with Gasteiger partial charge in [-0.25, -0.2) is 9.98 Å². The standard InChI is InChI=1S/C21H29N5OS/c1-15(7-10-26-11-9-22-16(13-26)8-12-27-2)19-20-21(28-14-23-20)25-18-6-4-3-5-17(18)24-19/h3-6,14-16,22,25H,7-13H2,1-2H3/t15?,16-/m0/s1. The average Bonchev–Trinajstić information content (AvgIpc) is 3.11. The fourth-order valence-electron chi connectivity index (χ4n) is 3.91. The molecule has 0 spiro atoms. The van der Waals surface area contributed by atoms with Gasteiger partial charge in [0, 0.05) is 45.3 Å². The van der Waals surface area contributed by atoms with Gasteiger partial charge in [0.1, 0.15) is 10.7 Å². The lowest BCUT2D eigenvalue weighted by Crippen LogP contribution is -2.51. The summed E-state index contributed by atoms with van der Waals surface area (Å²) >= 11 is 1.64. The Hall–Kier alpha value is -1.80. The molecule has 1 fully saturated rings. The fourth-order valence-corrected chi connectivity index (χ4v) is 4.61. The van der Waals surface area contributed by atoms with E-state index in [0.717, 1.165) is 73.4 Å². The van der Waals surface area contributed by atoms with Crippen molar-refractivity contribution in [1.29, 1.82) is 0 Å². The summed E-state index contributed by atoms with van der Waals surface area (Å²) in [5.74, 6) is 0.348. The number of hydrogen-bond acceptors (Lipinski definition) is 7. The van der Waals surface area contributed by atoms with Crippen LogP contribution in [-0.4, -0.2) is 61.5 Å². The summed E-state index contributed by atoms with van der Waals surface area (Å²) < 4.78 is 5.24. The minimum absolute atomic E-state index is 0.348. The van der Waals surface area contributed by atoms with Crippen molar-refractivity contribution in [3.63, 3.8) is 0 Å². The molecule has 1 aromatic heterocycles. The molecule has 7 heteroatoms. The van der Waals surface area contributed by atoms with Gasteiger partial charge in [-0.15, -0.1) is 11.3 Å². The van der Waals surface area contributed by atoms with Crippen LogP contribution >= 0.6 is 11.3 Å². The van der Waals surface area contributed by atoms with Crippen LogP contribution in [0, 0.1) is 5.92 Å². The molecule has 2 aromatic rings. The van der Waals surface area contributed by atoms with Crippen LogP contribution in [0.25, 0.3) is 0 Å². The highest BCUT2D eigenvalue weighted by Gasteiger charge is 2.25. The van der Waals surface area contributed by atoms with Crippen LogP contribution in [0.15, 0.2) is 34.8 Å². The molecule has 6 nitrogen and oxygen atoms in total. The Morgan fingerprint density at radius 3 is 3.14 bits per heavy atom. The van der Waals surface area contributed by atoms with E-state index in [1.165, 1.54) is 0 Å². The molecule has 3 heterocycles. The van der Waals surface area contributed by atoms with Crippen molar-refractivity contribution in [2.75, 3.05) is 45.2 Å². The lowest BCUT2D eigenvalue weighted by atomic mass is 9.98. The molecule has 0 saturated carbocycles. The molecule has 2 aliphatic heterocycles. The minimum Gasteiger partial charge on any atom is -0.385 e. The van der Waals surface area contributed by atoms with Gasteiger partial charge in [-0.05, 0) is 31.5 Å². The molecule has 0 amide bonds. The Morgan fingerprint density at radius 2 is 2.25 bits per heavy atom. The molecule has 4 rings (SSSR count). The zero-order valence-electron chi connectivity index (χ0n) is 16.6. The predicted molar refractivity (Wildman–Crippen MR) is 117 cm³/mol.